The Morgan fingerprint density at radius 1 is 1.19 bits per heavy atom. The molecule has 0 unspecified atom stereocenters. The molecule has 1 saturated carbocycles. The molecule has 3 atom stereocenters. The first kappa shape index (κ1) is 18.0. The summed E-state index contributed by atoms with van der Waals surface area (Å²) in [5.41, 5.74) is 0.535. The molecule has 1 aromatic rings. The predicted molar refractivity (Wildman–Crippen MR) is 89.7 cm³/mol. The third-order valence-electron chi connectivity index (χ3n) is 5.13. The van der Waals surface area contributed by atoms with Crippen LogP contribution in [0.5, 0.6) is 0 Å². The number of likely N-dealkylation sites (tertiary alicyclic amines) is 1. The van der Waals surface area contributed by atoms with Gasteiger partial charge < -0.3 is 4.74 Å². The summed E-state index contributed by atoms with van der Waals surface area (Å²) in [4.78, 5) is 48.5. The minimum Gasteiger partial charge on any atom is -0.459 e. The van der Waals surface area contributed by atoms with E-state index in [0.29, 0.717) is 18.4 Å². The van der Waals surface area contributed by atoms with Gasteiger partial charge in [0.15, 0.2) is 0 Å². The SMILES string of the molecule is C[C@@H](C(=O)OCc1ccc([N+](=O)[O-])cc1)N1C(=O)[C@H]2CCCC[C@H]2C1=O. The van der Waals surface area contributed by atoms with Gasteiger partial charge in [-0.15, -0.1) is 0 Å². The molecule has 1 heterocycles. The van der Waals surface area contributed by atoms with E-state index >= 15 is 0 Å². The summed E-state index contributed by atoms with van der Waals surface area (Å²) < 4.78 is 5.20. The van der Waals surface area contributed by atoms with Crippen LogP contribution in [0.2, 0.25) is 0 Å². The Balaban J connectivity index is 1.61. The number of nitrogens with zero attached hydrogens (tertiary/aromatic N) is 2. The molecule has 0 spiro atoms. The second-order valence-electron chi connectivity index (χ2n) is 6.75. The fourth-order valence-corrected chi connectivity index (χ4v) is 3.66. The zero-order chi connectivity index (χ0) is 18.8. The number of carbonyl (C=O) groups is 3. The highest BCUT2D eigenvalue weighted by Gasteiger charge is 2.51. The molecule has 1 aliphatic heterocycles. The van der Waals surface area contributed by atoms with Crippen molar-refractivity contribution in [2.24, 2.45) is 11.8 Å². The quantitative estimate of drug-likeness (QED) is 0.345. The Bertz CT molecular complexity index is 721. The van der Waals surface area contributed by atoms with Gasteiger partial charge in [0.25, 0.3) is 5.69 Å². The van der Waals surface area contributed by atoms with Gasteiger partial charge >= 0.3 is 5.97 Å². The van der Waals surface area contributed by atoms with Crippen molar-refractivity contribution in [2.45, 2.75) is 45.3 Å². The van der Waals surface area contributed by atoms with Crippen molar-refractivity contribution in [3.63, 3.8) is 0 Å². The van der Waals surface area contributed by atoms with Crippen molar-refractivity contribution in [3.05, 3.63) is 39.9 Å². The van der Waals surface area contributed by atoms with Crippen molar-refractivity contribution in [2.75, 3.05) is 0 Å². The lowest BCUT2D eigenvalue weighted by molar-refractivity contribution is -0.384. The summed E-state index contributed by atoms with van der Waals surface area (Å²) in [6.45, 7) is 1.41. The van der Waals surface area contributed by atoms with Gasteiger partial charge in [0.2, 0.25) is 11.8 Å². The van der Waals surface area contributed by atoms with Crippen LogP contribution in [0, 0.1) is 22.0 Å². The molecule has 2 aliphatic rings. The van der Waals surface area contributed by atoms with Crippen LogP contribution in [-0.4, -0.2) is 33.6 Å². The number of ether oxygens (including phenoxy) is 1. The van der Waals surface area contributed by atoms with Crippen LogP contribution in [0.4, 0.5) is 5.69 Å². The maximum atomic E-state index is 12.5. The number of rotatable bonds is 5. The van der Waals surface area contributed by atoms with Crippen molar-refractivity contribution >= 4 is 23.5 Å². The predicted octanol–water partition coefficient (Wildman–Crippen LogP) is 2.20. The van der Waals surface area contributed by atoms with Gasteiger partial charge in [0, 0.05) is 12.1 Å². The normalized spacial score (nSPS) is 23.5. The minimum absolute atomic E-state index is 0.0516. The van der Waals surface area contributed by atoms with Gasteiger partial charge in [0.1, 0.15) is 12.6 Å². The van der Waals surface area contributed by atoms with Crippen LogP contribution in [0.25, 0.3) is 0 Å². The molecule has 26 heavy (non-hydrogen) atoms. The number of benzene rings is 1. The van der Waals surface area contributed by atoms with Gasteiger partial charge in [-0.25, -0.2) is 4.79 Å². The Morgan fingerprint density at radius 2 is 1.73 bits per heavy atom. The Hall–Kier alpha value is -2.77. The first-order valence-corrected chi connectivity index (χ1v) is 8.67. The van der Waals surface area contributed by atoms with E-state index in [-0.39, 0.29) is 35.9 Å². The number of nitro groups is 1. The minimum atomic E-state index is -0.973. The standard InChI is InChI=1S/C18H20N2O6/c1-11(19-16(21)14-4-2-3-5-15(14)17(19)22)18(23)26-10-12-6-8-13(9-7-12)20(24)25/h6-9,11,14-15H,2-5,10H2,1H3/t11-,14-,15+/m0/s1. The van der Waals surface area contributed by atoms with Gasteiger partial charge in [-0.05, 0) is 37.5 Å². The van der Waals surface area contributed by atoms with Crippen LogP contribution in [0.15, 0.2) is 24.3 Å². The molecular weight excluding hydrogens is 340 g/mol. The molecule has 1 aliphatic carbocycles. The molecule has 8 nitrogen and oxygen atoms in total. The van der Waals surface area contributed by atoms with Gasteiger partial charge in [0.05, 0.1) is 16.8 Å². The molecular formula is C18H20N2O6. The highest BCUT2D eigenvalue weighted by molar-refractivity contribution is 6.07. The van der Waals surface area contributed by atoms with E-state index in [1.807, 2.05) is 0 Å². The number of fused-ring (bicyclic) bond motifs is 1. The molecule has 0 aromatic heterocycles. The summed E-state index contributed by atoms with van der Waals surface area (Å²) in [5, 5.41) is 10.6. The zero-order valence-corrected chi connectivity index (χ0v) is 14.4. The van der Waals surface area contributed by atoms with Gasteiger partial charge in [-0.3, -0.25) is 24.6 Å². The van der Waals surface area contributed by atoms with E-state index in [1.165, 1.54) is 31.2 Å². The number of carbonyl (C=O) groups excluding carboxylic acids is 3. The maximum Gasteiger partial charge on any atom is 0.329 e. The number of non-ortho nitro benzene ring substituents is 1. The molecule has 0 N–H and O–H groups in total. The van der Waals surface area contributed by atoms with Crippen LogP contribution < -0.4 is 0 Å². The number of imide groups is 1. The molecule has 3 rings (SSSR count). The largest absolute Gasteiger partial charge is 0.459 e. The Labute approximate surface area is 150 Å². The average molecular weight is 360 g/mol. The van der Waals surface area contributed by atoms with E-state index in [4.69, 9.17) is 4.74 Å². The number of hydrogen-bond donors (Lipinski definition) is 0. The lowest BCUT2D eigenvalue weighted by Crippen LogP contribution is -2.44. The summed E-state index contributed by atoms with van der Waals surface area (Å²) in [7, 11) is 0. The molecule has 2 amide bonds. The smallest absolute Gasteiger partial charge is 0.329 e. The maximum absolute atomic E-state index is 12.5. The Kier molecular flexibility index (Phi) is 5.01. The van der Waals surface area contributed by atoms with Crippen molar-refractivity contribution < 1.29 is 24.0 Å². The van der Waals surface area contributed by atoms with Crippen LogP contribution in [-0.2, 0) is 25.7 Å². The first-order chi connectivity index (χ1) is 12.4. The second-order valence-corrected chi connectivity index (χ2v) is 6.75. The fraction of sp³-hybridized carbons (Fsp3) is 0.500. The third-order valence-corrected chi connectivity index (χ3v) is 5.13. The summed E-state index contributed by atoms with van der Waals surface area (Å²) in [5.74, 6) is -1.83. The third kappa shape index (κ3) is 3.31. The van der Waals surface area contributed by atoms with E-state index in [9.17, 15) is 24.5 Å². The molecule has 8 heteroatoms. The van der Waals surface area contributed by atoms with E-state index in [1.54, 1.807) is 0 Å². The summed E-state index contributed by atoms with van der Waals surface area (Å²) >= 11 is 0. The summed E-state index contributed by atoms with van der Waals surface area (Å²) in [6, 6.07) is 4.67. The number of esters is 1. The highest BCUT2D eigenvalue weighted by Crippen LogP contribution is 2.38. The molecule has 0 bridgehead atoms. The molecule has 2 fully saturated rings. The lowest BCUT2D eigenvalue weighted by Gasteiger charge is -2.21. The van der Waals surface area contributed by atoms with E-state index in [2.05, 4.69) is 0 Å². The topological polar surface area (TPSA) is 107 Å². The summed E-state index contributed by atoms with van der Waals surface area (Å²) in [6.07, 6.45) is 3.23. The number of amides is 2. The molecule has 138 valence electrons. The molecule has 0 radical (unpaired) electrons. The van der Waals surface area contributed by atoms with E-state index < -0.39 is 16.9 Å². The van der Waals surface area contributed by atoms with Crippen LogP contribution in [0.1, 0.15) is 38.2 Å². The number of hydrogen-bond acceptors (Lipinski definition) is 6. The molecule has 1 saturated heterocycles. The monoisotopic (exact) mass is 360 g/mol. The zero-order valence-electron chi connectivity index (χ0n) is 14.4. The van der Waals surface area contributed by atoms with Crippen molar-refractivity contribution in [3.8, 4) is 0 Å². The number of nitro benzene ring substituents is 1. The molecule has 1 aromatic carbocycles. The fourth-order valence-electron chi connectivity index (χ4n) is 3.66. The lowest BCUT2D eigenvalue weighted by atomic mass is 9.81. The van der Waals surface area contributed by atoms with Crippen LogP contribution >= 0.6 is 0 Å². The van der Waals surface area contributed by atoms with E-state index in [0.717, 1.165) is 17.7 Å². The average Bonchev–Trinajstić information content (AvgIpc) is 2.90. The van der Waals surface area contributed by atoms with Crippen molar-refractivity contribution in [1.82, 2.24) is 4.90 Å². The van der Waals surface area contributed by atoms with Crippen molar-refractivity contribution in [1.29, 1.82) is 0 Å². The first-order valence-electron chi connectivity index (χ1n) is 8.67. The van der Waals surface area contributed by atoms with Crippen LogP contribution in [0.3, 0.4) is 0 Å². The second kappa shape index (κ2) is 7.23. The van der Waals surface area contributed by atoms with Gasteiger partial charge in [-0.2, -0.15) is 0 Å². The van der Waals surface area contributed by atoms with Gasteiger partial charge in [-0.1, -0.05) is 12.8 Å². The Morgan fingerprint density at radius 3 is 2.23 bits per heavy atom. The highest BCUT2D eigenvalue weighted by atomic mass is 16.6.